The van der Waals surface area contributed by atoms with E-state index in [2.05, 4.69) is 21.8 Å². The number of rotatable bonds is 6. The van der Waals surface area contributed by atoms with E-state index in [9.17, 15) is 14.9 Å². The number of nitro groups is 1. The largest absolute Gasteiger partial charge is 0.369 e. The molecule has 1 aliphatic rings. The van der Waals surface area contributed by atoms with Gasteiger partial charge in [0.25, 0.3) is 5.69 Å². The van der Waals surface area contributed by atoms with Gasteiger partial charge in [-0.05, 0) is 31.3 Å². The third-order valence-electron chi connectivity index (χ3n) is 5.45. The van der Waals surface area contributed by atoms with Gasteiger partial charge in [0.05, 0.1) is 11.5 Å². The Hall–Kier alpha value is -3.52. The zero-order valence-electron chi connectivity index (χ0n) is 16.8. The van der Waals surface area contributed by atoms with Gasteiger partial charge in [0.15, 0.2) is 5.82 Å². The van der Waals surface area contributed by atoms with E-state index in [1.807, 2.05) is 24.3 Å². The van der Waals surface area contributed by atoms with Gasteiger partial charge in [0.1, 0.15) is 0 Å². The van der Waals surface area contributed by atoms with E-state index in [1.165, 1.54) is 6.07 Å². The number of benzene rings is 2. The molecule has 0 unspecified atom stereocenters. The molecular formula is C22H23N5O3. The van der Waals surface area contributed by atoms with Crippen molar-refractivity contribution in [1.29, 1.82) is 0 Å². The summed E-state index contributed by atoms with van der Waals surface area (Å²) in [4.78, 5) is 32.7. The molecule has 0 N–H and O–H groups in total. The molecule has 4 rings (SSSR count). The van der Waals surface area contributed by atoms with Crippen molar-refractivity contribution in [2.24, 2.45) is 0 Å². The lowest BCUT2D eigenvalue weighted by atomic mass is 10.1. The Balaban J connectivity index is 1.53. The molecule has 8 heteroatoms. The second kappa shape index (κ2) is 8.46. The van der Waals surface area contributed by atoms with Crippen molar-refractivity contribution < 1.29 is 9.72 Å². The van der Waals surface area contributed by atoms with Crippen molar-refractivity contribution >= 4 is 17.2 Å². The van der Waals surface area contributed by atoms with Crippen molar-refractivity contribution in [1.82, 2.24) is 14.5 Å². The highest BCUT2D eigenvalue weighted by Gasteiger charge is 2.20. The summed E-state index contributed by atoms with van der Waals surface area (Å²) >= 11 is 0. The molecule has 1 fully saturated rings. The lowest BCUT2D eigenvalue weighted by molar-refractivity contribution is -0.385. The Morgan fingerprint density at radius 2 is 1.77 bits per heavy atom. The van der Waals surface area contributed by atoms with Crippen LogP contribution in [0.4, 0.5) is 11.4 Å². The first kappa shape index (κ1) is 19.8. The van der Waals surface area contributed by atoms with Crippen LogP contribution in [0.2, 0.25) is 0 Å². The first-order valence-corrected chi connectivity index (χ1v) is 9.84. The highest BCUT2D eigenvalue weighted by molar-refractivity contribution is 6.06. The quantitative estimate of drug-likeness (QED) is 0.356. The highest BCUT2D eigenvalue weighted by Crippen LogP contribution is 2.21. The van der Waals surface area contributed by atoms with E-state index in [-0.39, 0.29) is 23.8 Å². The number of nitrogens with zero attached hydrogens (tertiary/aromatic N) is 5. The van der Waals surface area contributed by atoms with Gasteiger partial charge in [0, 0.05) is 61.5 Å². The van der Waals surface area contributed by atoms with Crippen LogP contribution in [0.5, 0.6) is 0 Å². The monoisotopic (exact) mass is 405 g/mol. The van der Waals surface area contributed by atoms with Gasteiger partial charge in [-0.25, -0.2) is 4.98 Å². The number of ketones is 1. The van der Waals surface area contributed by atoms with Crippen LogP contribution in [-0.2, 0) is 6.54 Å². The molecule has 3 aromatic rings. The van der Waals surface area contributed by atoms with E-state index in [0.29, 0.717) is 11.1 Å². The normalized spacial score (nSPS) is 14.6. The van der Waals surface area contributed by atoms with Crippen LogP contribution < -0.4 is 4.90 Å². The number of hydrogen-bond acceptors (Lipinski definition) is 6. The minimum Gasteiger partial charge on any atom is -0.369 e. The van der Waals surface area contributed by atoms with E-state index in [1.54, 1.807) is 35.2 Å². The molecule has 1 aliphatic heterocycles. The van der Waals surface area contributed by atoms with Gasteiger partial charge in [-0.2, -0.15) is 0 Å². The Morgan fingerprint density at radius 1 is 1.07 bits per heavy atom. The first-order valence-electron chi connectivity index (χ1n) is 9.84. The molecule has 0 atom stereocenters. The number of carbonyl (C=O) groups excluding carboxylic acids is 1. The van der Waals surface area contributed by atoms with E-state index in [0.717, 1.165) is 31.9 Å². The van der Waals surface area contributed by atoms with Crippen molar-refractivity contribution in [3.8, 4) is 0 Å². The number of imidazole rings is 1. The van der Waals surface area contributed by atoms with Gasteiger partial charge in [0.2, 0.25) is 5.78 Å². The van der Waals surface area contributed by atoms with Crippen molar-refractivity contribution in [2.75, 3.05) is 38.1 Å². The van der Waals surface area contributed by atoms with E-state index >= 15 is 0 Å². The van der Waals surface area contributed by atoms with Crippen molar-refractivity contribution in [3.63, 3.8) is 0 Å². The molecule has 8 nitrogen and oxygen atoms in total. The number of para-hydroxylation sites is 1. The molecule has 0 amide bonds. The minimum absolute atomic E-state index is 0.0288. The van der Waals surface area contributed by atoms with Crippen LogP contribution in [0.15, 0.2) is 60.9 Å². The van der Waals surface area contributed by atoms with Gasteiger partial charge in [-0.3, -0.25) is 14.9 Å². The average molecular weight is 405 g/mol. The summed E-state index contributed by atoms with van der Waals surface area (Å²) in [6.45, 7) is 4.17. The molecule has 0 spiro atoms. The zero-order chi connectivity index (χ0) is 21.1. The number of anilines is 1. The van der Waals surface area contributed by atoms with E-state index < -0.39 is 4.92 Å². The Labute approximate surface area is 174 Å². The number of aromatic nitrogens is 2. The fraction of sp³-hybridized carbons (Fsp3) is 0.273. The molecule has 0 radical (unpaired) electrons. The standard InChI is InChI=1S/C22H23N5O3/c1-24-12-14-25(15-13-24)19-8-6-17(7-9-19)21(28)22-23-10-11-26(22)16-18-4-2-3-5-20(18)27(29)30/h2-11H,12-16H2,1H3. The summed E-state index contributed by atoms with van der Waals surface area (Å²) in [5.41, 5.74) is 2.20. The van der Waals surface area contributed by atoms with Crippen molar-refractivity contribution in [2.45, 2.75) is 6.54 Å². The second-order valence-corrected chi connectivity index (χ2v) is 7.43. The second-order valence-electron chi connectivity index (χ2n) is 7.43. The number of hydrogen-bond donors (Lipinski definition) is 0. The molecule has 1 aromatic heterocycles. The lowest BCUT2D eigenvalue weighted by Gasteiger charge is -2.34. The maximum absolute atomic E-state index is 13.0. The third kappa shape index (κ3) is 4.08. The predicted octanol–water partition coefficient (Wildman–Crippen LogP) is 2.82. The van der Waals surface area contributed by atoms with Gasteiger partial charge in [-0.1, -0.05) is 18.2 Å². The summed E-state index contributed by atoms with van der Waals surface area (Å²) in [5.74, 6) is 0.0593. The Morgan fingerprint density at radius 3 is 2.47 bits per heavy atom. The van der Waals surface area contributed by atoms with Crippen LogP contribution in [-0.4, -0.2) is 58.4 Å². The minimum atomic E-state index is -0.412. The summed E-state index contributed by atoms with van der Waals surface area (Å²) in [7, 11) is 2.12. The first-order chi connectivity index (χ1) is 14.5. The molecule has 2 heterocycles. The number of nitro benzene ring substituents is 1. The van der Waals surface area contributed by atoms with Crippen LogP contribution in [0.3, 0.4) is 0 Å². The van der Waals surface area contributed by atoms with Crippen LogP contribution in [0.1, 0.15) is 21.7 Å². The third-order valence-corrected chi connectivity index (χ3v) is 5.45. The number of carbonyl (C=O) groups is 1. The Kier molecular flexibility index (Phi) is 5.58. The van der Waals surface area contributed by atoms with Gasteiger partial charge in [-0.15, -0.1) is 0 Å². The molecule has 0 aliphatic carbocycles. The fourth-order valence-corrected chi connectivity index (χ4v) is 3.67. The lowest BCUT2D eigenvalue weighted by Crippen LogP contribution is -2.44. The fourth-order valence-electron chi connectivity index (χ4n) is 3.67. The van der Waals surface area contributed by atoms with Crippen molar-refractivity contribution in [3.05, 3.63) is 88.0 Å². The van der Waals surface area contributed by atoms with E-state index in [4.69, 9.17) is 0 Å². The molecule has 154 valence electrons. The van der Waals surface area contributed by atoms with Gasteiger partial charge < -0.3 is 14.4 Å². The SMILES string of the molecule is CN1CCN(c2ccc(C(=O)c3nccn3Cc3ccccc3[N+](=O)[O-])cc2)CC1. The molecular weight excluding hydrogens is 382 g/mol. The maximum atomic E-state index is 13.0. The summed E-state index contributed by atoms with van der Waals surface area (Å²) in [6.07, 6.45) is 3.21. The summed E-state index contributed by atoms with van der Waals surface area (Å²) < 4.78 is 1.65. The van der Waals surface area contributed by atoms with Crippen LogP contribution in [0.25, 0.3) is 0 Å². The van der Waals surface area contributed by atoms with Crippen LogP contribution >= 0.6 is 0 Å². The smallest absolute Gasteiger partial charge is 0.274 e. The molecule has 2 aromatic carbocycles. The van der Waals surface area contributed by atoms with Gasteiger partial charge >= 0.3 is 0 Å². The molecule has 0 saturated carbocycles. The zero-order valence-corrected chi connectivity index (χ0v) is 16.8. The summed E-state index contributed by atoms with van der Waals surface area (Å²) in [5, 5.41) is 11.3. The summed E-state index contributed by atoms with van der Waals surface area (Å²) in [6, 6.07) is 14.1. The topological polar surface area (TPSA) is 84.5 Å². The highest BCUT2D eigenvalue weighted by atomic mass is 16.6. The number of piperazine rings is 1. The molecule has 0 bridgehead atoms. The predicted molar refractivity (Wildman–Crippen MR) is 114 cm³/mol. The van der Waals surface area contributed by atoms with Crippen LogP contribution in [0, 0.1) is 10.1 Å². The molecule has 30 heavy (non-hydrogen) atoms. The maximum Gasteiger partial charge on any atom is 0.274 e. The average Bonchev–Trinajstić information content (AvgIpc) is 3.22. The Bertz CT molecular complexity index is 1050. The number of likely N-dealkylation sites (N-methyl/N-ethyl adjacent to an activating group) is 1. The molecule has 1 saturated heterocycles.